The maximum atomic E-state index is 9.29. The number of aryl methyl sites for hydroxylation is 2. The first-order valence-corrected chi connectivity index (χ1v) is 5.80. The summed E-state index contributed by atoms with van der Waals surface area (Å²) < 4.78 is 0. The standard InChI is InChI=1S/C15H13N3/c1-4-14-13(9-16)15(10(2)18-14)11-5-7-12(17-3)8-6-11/h5-8,18H,4H2,1-2H3. The molecular formula is C15H13N3. The van der Waals surface area contributed by atoms with Crippen LogP contribution in [-0.2, 0) is 6.42 Å². The Hall–Kier alpha value is -2.52. The van der Waals surface area contributed by atoms with E-state index in [1.807, 2.05) is 26.0 Å². The molecule has 0 fully saturated rings. The summed E-state index contributed by atoms with van der Waals surface area (Å²) in [5.74, 6) is 0. The van der Waals surface area contributed by atoms with Gasteiger partial charge in [0.15, 0.2) is 5.69 Å². The lowest BCUT2D eigenvalue weighted by molar-refractivity contribution is 1.04. The first kappa shape index (κ1) is 12.0. The van der Waals surface area contributed by atoms with Crippen LogP contribution in [0.25, 0.3) is 16.0 Å². The lowest BCUT2D eigenvalue weighted by Gasteiger charge is -2.02. The molecule has 0 saturated heterocycles. The van der Waals surface area contributed by atoms with Gasteiger partial charge in [0, 0.05) is 17.0 Å². The maximum absolute atomic E-state index is 9.29. The van der Waals surface area contributed by atoms with Crippen LogP contribution in [-0.4, -0.2) is 4.98 Å². The normalized spacial score (nSPS) is 9.78. The van der Waals surface area contributed by atoms with Crippen molar-refractivity contribution in [3.63, 3.8) is 0 Å². The Morgan fingerprint density at radius 2 is 2.00 bits per heavy atom. The van der Waals surface area contributed by atoms with Crippen LogP contribution in [0.2, 0.25) is 0 Å². The molecule has 0 aliphatic carbocycles. The monoisotopic (exact) mass is 235 g/mol. The first-order chi connectivity index (χ1) is 8.71. The number of hydrogen-bond acceptors (Lipinski definition) is 1. The third kappa shape index (κ3) is 1.87. The number of benzene rings is 1. The van der Waals surface area contributed by atoms with Crippen LogP contribution >= 0.6 is 0 Å². The van der Waals surface area contributed by atoms with Gasteiger partial charge in [-0.2, -0.15) is 5.26 Å². The molecule has 0 radical (unpaired) electrons. The second kappa shape index (κ2) is 4.77. The van der Waals surface area contributed by atoms with E-state index < -0.39 is 0 Å². The molecular weight excluding hydrogens is 222 g/mol. The van der Waals surface area contributed by atoms with Crippen molar-refractivity contribution in [1.82, 2.24) is 4.98 Å². The molecule has 1 N–H and O–H groups in total. The molecule has 1 heterocycles. The smallest absolute Gasteiger partial charge is 0.187 e. The maximum Gasteiger partial charge on any atom is 0.187 e. The van der Waals surface area contributed by atoms with Gasteiger partial charge in [0.1, 0.15) is 6.07 Å². The van der Waals surface area contributed by atoms with Crippen LogP contribution in [0.15, 0.2) is 24.3 Å². The highest BCUT2D eigenvalue weighted by Gasteiger charge is 2.15. The molecule has 1 aromatic carbocycles. The minimum atomic E-state index is 0.612. The van der Waals surface area contributed by atoms with Crippen molar-refractivity contribution >= 4 is 5.69 Å². The molecule has 0 unspecified atom stereocenters. The van der Waals surface area contributed by atoms with E-state index >= 15 is 0 Å². The van der Waals surface area contributed by atoms with Gasteiger partial charge in [0.05, 0.1) is 12.1 Å². The second-order valence-corrected chi connectivity index (χ2v) is 4.10. The molecule has 88 valence electrons. The van der Waals surface area contributed by atoms with E-state index in [9.17, 15) is 5.26 Å². The van der Waals surface area contributed by atoms with Crippen molar-refractivity contribution in [3.8, 4) is 17.2 Å². The van der Waals surface area contributed by atoms with Crippen LogP contribution in [0.3, 0.4) is 0 Å². The van der Waals surface area contributed by atoms with Crippen LogP contribution in [0, 0.1) is 24.8 Å². The van der Waals surface area contributed by atoms with E-state index in [-0.39, 0.29) is 0 Å². The number of aromatic amines is 1. The topological polar surface area (TPSA) is 43.9 Å². The number of rotatable bonds is 2. The summed E-state index contributed by atoms with van der Waals surface area (Å²) in [6, 6.07) is 9.62. The predicted molar refractivity (Wildman–Crippen MR) is 71.3 cm³/mol. The highest BCUT2D eigenvalue weighted by molar-refractivity contribution is 5.75. The summed E-state index contributed by atoms with van der Waals surface area (Å²) in [5, 5.41) is 9.29. The van der Waals surface area contributed by atoms with Gasteiger partial charge in [0.25, 0.3) is 0 Å². The molecule has 3 nitrogen and oxygen atoms in total. The number of hydrogen-bond donors (Lipinski definition) is 1. The van der Waals surface area contributed by atoms with E-state index in [4.69, 9.17) is 6.57 Å². The van der Waals surface area contributed by atoms with Gasteiger partial charge in [-0.3, -0.25) is 0 Å². The lowest BCUT2D eigenvalue weighted by Crippen LogP contribution is -1.85. The second-order valence-electron chi connectivity index (χ2n) is 4.10. The average molecular weight is 235 g/mol. The van der Waals surface area contributed by atoms with Crippen molar-refractivity contribution in [2.45, 2.75) is 20.3 Å². The van der Waals surface area contributed by atoms with Gasteiger partial charge in [-0.1, -0.05) is 31.2 Å². The van der Waals surface area contributed by atoms with Crippen LogP contribution in [0.1, 0.15) is 23.9 Å². The quantitative estimate of drug-likeness (QED) is 0.786. The summed E-state index contributed by atoms with van der Waals surface area (Å²) >= 11 is 0. The molecule has 1 aromatic heterocycles. The molecule has 0 saturated carbocycles. The Labute approximate surface area is 107 Å². The fraction of sp³-hybridized carbons (Fsp3) is 0.200. The lowest BCUT2D eigenvalue weighted by atomic mass is 10.0. The van der Waals surface area contributed by atoms with E-state index in [2.05, 4.69) is 15.9 Å². The molecule has 0 spiro atoms. The van der Waals surface area contributed by atoms with E-state index in [1.165, 1.54) is 0 Å². The summed E-state index contributed by atoms with van der Waals surface area (Å²) in [5.41, 5.74) is 5.23. The van der Waals surface area contributed by atoms with Crippen molar-refractivity contribution in [2.24, 2.45) is 0 Å². The van der Waals surface area contributed by atoms with E-state index in [0.29, 0.717) is 11.3 Å². The van der Waals surface area contributed by atoms with Crippen LogP contribution in [0.5, 0.6) is 0 Å². The summed E-state index contributed by atoms with van der Waals surface area (Å²) in [7, 11) is 0. The van der Waals surface area contributed by atoms with E-state index in [0.717, 1.165) is 28.9 Å². The Morgan fingerprint density at radius 1 is 1.33 bits per heavy atom. The molecule has 0 amide bonds. The number of nitrogens with zero attached hydrogens (tertiary/aromatic N) is 2. The third-order valence-corrected chi connectivity index (χ3v) is 3.02. The minimum Gasteiger partial charge on any atom is -0.361 e. The van der Waals surface area contributed by atoms with Crippen LogP contribution < -0.4 is 0 Å². The number of nitrogens with one attached hydrogen (secondary N) is 1. The Kier molecular flexibility index (Phi) is 3.17. The Bertz CT molecular complexity index is 649. The highest BCUT2D eigenvalue weighted by atomic mass is 14.7. The zero-order chi connectivity index (χ0) is 13.1. The predicted octanol–water partition coefficient (Wildman–Crippen LogP) is 3.97. The Balaban J connectivity index is 2.60. The molecule has 0 aliphatic rings. The zero-order valence-corrected chi connectivity index (χ0v) is 10.4. The van der Waals surface area contributed by atoms with Gasteiger partial charge in [0.2, 0.25) is 0 Å². The third-order valence-electron chi connectivity index (χ3n) is 3.02. The van der Waals surface area contributed by atoms with Gasteiger partial charge in [-0.05, 0) is 18.9 Å². The summed E-state index contributed by atoms with van der Waals surface area (Å²) in [6.45, 7) is 10.9. The fourth-order valence-corrected chi connectivity index (χ4v) is 2.14. The number of H-pyrrole nitrogens is 1. The van der Waals surface area contributed by atoms with Crippen LogP contribution in [0.4, 0.5) is 5.69 Å². The van der Waals surface area contributed by atoms with Gasteiger partial charge in [-0.15, -0.1) is 0 Å². The summed E-state index contributed by atoms with van der Waals surface area (Å²) in [4.78, 5) is 6.63. The summed E-state index contributed by atoms with van der Waals surface area (Å²) in [6.07, 6.45) is 0.809. The largest absolute Gasteiger partial charge is 0.361 e. The average Bonchev–Trinajstić information content (AvgIpc) is 2.74. The SMILES string of the molecule is [C-]#[N+]c1ccc(-c2c(C)[nH]c(CC)c2C#N)cc1. The van der Waals surface area contributed by atoms with Gasteiger partial charge < -0.3 is 4.98 Å². The molecule has 18 heavy (non-hydrogen) atoms. The molecule has 0 aliphatic heterocycles. The molecule has 2 aromatic rings. The first-order valence-electron chi connectivity index (χ1n) is 5.80. The van der Waals surface area contributed by atoms with E-state index in [1.54, 1.807) is 12.1 Å². The van der Waals surface area contributed by atoms with Crippen molar-refractivity contribution < 1.29 is 0 Å². The molecule has 0 bridgehead atoms. The number of aromatic nitrogens is 1. The number of nitriles is 1. The van der Waals surface area contributed by atoms with Gasteiger partial charge in [-0.25, -0.2) is 4.85 Å². The molecule has 2 rings (SSSR count). The minimum absolute atomic E-state index is 0.612. The van der Waals surface area contributed by atoms with Crippen molar-refractivity contribution in [3.05, 3.63) is 52.6 Å². The molecule has 3 heteroatoms. The highest BCUT2D eigenvalue weighted by Crippen LogP contribution is 2.31. The molecule has 0 atom stereocenters. The van der Waals surface area contributed by atoms with Crippen molar-refractivity contribution in [2.75, 3.05) is 0 Å². The fourth-order valence-electron chi connectivity index (χ4n) is 2.14. The Morgan fingerprint density at radius 3 is 2.50 bits per heavy atom. The van der Waals surface area contributed by atoms with Gasteiger partial charge >= 0.3 is 0 Å². The zero-order valence-electron chi connectivity index (χ0n) is 10.4. The van der Waals surface area contributed by atoms with Crippen molar-refractivity contribution in [1.29, 1.82) is 5.26 Å².